The first-order valence-electron chi connectivity index (χ1n) is 21.5. The summed E-state index contributed by atoms with van der Waals surface area (Å²) in [4.78, 5) is 9.39. The minimum atomic E-state index is -4.67. The first-order chi connectivity index (χ1) is 31.0. The number of nitrogens with zero attached hydrogens (tertiary/aromatic N) is 1. The number of rotatable bonds is 13. The van der Waals surface area contributed by atoms with Crippen LogP contribution in [-0.2, 0) is 42.5 Å². The molecule has 1 fully saturated rings. The Morgan fingerprint density at radius 2 is 1.21 bits per heavy atom. The molecule has 0 bridgehead atoms. The number of thioether (sulfide) groups is 2. The van der Waals surface area contributed by atoms with Gasteiger partial charge in [-0.05, 0) is 128 Å². The van der Waals surface area contributed by atoms with Crippen LogP contribution < -0.4 is 27.5 Å². The van der Waals surface area contributed by atoms with Gasteiger partial charge in [-0.3, -0.25) is 23.8 Å². The molecule has 0 radical (unpaired) electrons. The van der Waals surface area contributed by atoms with Crippen LogP contribution in [0.2, 0.25) is 0 Å². The van der Waals surface area contributed by atoms with Gasteiger partial charge in [-0.25, -0.2) is 4.21 Å². The van der Waals surface area contributed by atoms with Crippen LogP contribution in [0.1, 0.15) is 82.4 Å². The molecule has 1 saturated heterocycles. The third kappa shape index (κ3) is 26.6. The van der Waals surface area contributed by atoms with E-state index in [0.717, 1.165) is 55.9 Å². The van der Waals surface area contributed by atoms with Crippen LogP contribution in [0.3, 0.4) is 0 Å². The summed E-state index contributed by atoms with van der Waals surface area (Å²) in [7, 11) is -5.55. The topological polar surface area (TPSA) is 237 Å². The van der Waals surface area contributed by atoms with Crippen molar-refractivity contribution in [3.8, 4) is 0 Å². The molecule has 15 nitrogen and oxygen atoms in total. The third-order valence-corrected chi connectivity index (χ3v) is 13.3. The summed E-state index contributed by atoms with van der Waals surface area (Å²) in [6, 6.07) is 25.4. The van der Waals surface area contributed by atoms with Crippen molar-refractivity contribution in [1.82, 2.24) is 4.90 Å². The maximum absolute atomic E-state index is 11.5. The van der Waals surface area contributed by atoms with E-state index < -0.39 is 38.2 Å². The Bertz CT molecular complexity index is 2010. The fourth-order valence-electron chi connectivity index (χ4n) is 7.61. The highest BCUT2D eigenvalue weighted by Gasteiger charge is 2.33. The minimum Gasteiger partial charge on any atom is -1.00 e. The van der Waals surface area contributed by atoms with Crippen molar-refractivity contribution >= 4 is 67.2 Å². The summed E-state index contributed by atoms with van der Waals surface area (Å²) in [5, 5.41) is 31.3. The molecule has 0 spiro atoms. The van der Waals surface area contributed by atoms with E-state index >= 15 is 0 Å². The predicted octanol–water partition coefficient (Wildman–Crippen LogP) is 1.54. The Kier molecular flexibility index (Phi) is 34.8. The molecular weight excluding hydrogens is 970 g/mol. The van der Waals surface area contributed by atoms with Crippen molar-refractivity contribution < 1.29 is 77.9 Å². The van der Waals surface area contributed by atoms with Gasteiger partial charge in [-0.15, -0.1) is 23.5 Å². The van der Waals surface area contributed by atoms with Crippen molar-refractivity contribution in [2.75, 3.05) is 77.7 Å². The molecule has 66 heavy (non-hydrogen) atoms. The van der Waals surface area contributed by atoms with Gasteiger partial charge in [0, 0.05) is 57.7 Å². The van der Waals surface area contributed by atoms with E-state index in [-0.39, 0.29) is 12.4 Å². The third-order valence-electron chi connectivity index (χ3n) is 10.8. The second kappa shape index (κ2) is 36.0. The van der Waals surface area contributed by atoms with Crippen molar-refractivity contribution in [2.24, 2.45) is 0 Å². The molecule has 376 valence electrons. The molecule has 3 aliphatic heterocycles. The molecule has 4 unspecified atom stereocenters. The molecule has 0 saturated carbocycles. The van der Waals surface area contributed by atoms with Crippen molar-refractivity contribution in [3.63, 3.8) is 0 Å². The van der Waals surface area contributed by atoms with Gasteiger partial charge >= 0.3 is 10.4 Å². The fourth-order valence-corrected chi connectivity index (χ4v) is 9.10. The number of nitrogens with one attached hydrogen (secondary N) is 2. The lowest BCUT2D eigenvalue weighted by Crippen LogP contribution is -3.12. The predicted molar refractivity (Wildman–Crippen MR) is 261 cm³/mol. The molecular formula is C45H71ClN3O12S5-. The average molecular weight is 1040 g/mol. The van der Waals surface area contributed by atoms with Crippen LogP contribution in [0.5, 0.6) is 0 Å². The highest BCUT2D eigenvalue weighted by Crippen LogP contribution is 2.34. The standard InChI is InChI=1S/C15H21NOS.C15H23NOS.C15H21NS.ClH.2H2O4S.H2O2/c1-3-9-16-10-7-13(8-11-16)14-5-4-6-15(12-14)18(2)17;1-3-9-16-10-7-15(17,8-11-16)13-5-4-6-14(12-13)18-2;1-3-9-16-10-7-13(8-11-16)14-5-4-6-15(12-14)17-2;;1-5(2,3)4;1-4-5(2)3;1-2/h4-7,12H,3,8-11H2,1-2H3;4-6,12,17H,3,7-11H2,1-2H3;4-7,12H,3,8-11H2,1-2H3;1H;(H2,1,2,3,4);1H,(H,2,3);1-2H/p-1. The Hall–Kier alpha value is -2.06. The molecule has 0 aliphatic carbocycles. The summed E-state index contributed by atoms with van der Waals surface area (Å²) >= 11 is 0.678. The Balaban J connectivity index is 0.000000849. The molecule has 0 aromatic heterocycles. The molecule has 7 N–H and O–H groups in total. The maximum atomic E-state index is 11.5. The van der Waals surface area contributed by atoms with Crippen molar-refractivity contribution in [3.05, 3.63) is 102 Å². The lowest BCUT2D eigenvalue weighted by Gasteiger charge is -2.38. The van der Waals surface area contributed by atoms with E-state index in [4.69, 9.17) is 42.1 Å². The van der Waals surface area contributed by atoms with Gasteiger partial charge in [0.2, 0.25) is 0 Å². The Morgan fingerprint density at radius 3 is 1.61 bits per heavy atom. The molecule has 0 amide bonds. The van der Waals surface area contributed by atoms with Gasteiger partial charge < -0.3 is 46.4 Å². The summed E-state index contributed by atoms with van der Waals surface area (Å²) < 4.78 is 63.2. The first kappa shape index (κ1) is 63.9. The summed E-state index contributed by atoms with van der Waals surface area (Å²) in [5.74, 6) is 0. The van der Waals surface area contributed by atoms with Crippen LogP contribution in [0.15, 0.2) is 99.6 Å². The van der Waals surface area contributed by atoms with Gasteiger partial charge in [0.1, 0.15) is 0 Å². The second-order valence-corrected chi connectivity index (χ2v) is 20.0. The molecule has 6 rings (SSSR count). The van der Waals surface area contributed by atoms with Gasteiger partial charge in [-0.2, -0.15) is 8.42 Å². The zero-order valence-corrected chi connectivity index (χ0v) is 43.7. The lowest BCUT2D eigenvalue weighted by molar-refractivity contribution is -0.895. The quantitative estimate of drug-likeness (QED) is 0.0423. The number of hydrogen-bond donors (Lipinski definition) is 7. The highest BCUT2D eigenvalue weighted by molar-refractivity contribution is 7.98. The number of aliphatic hydroxyl groups is 1. The van der Waals surface area contributed by atoms with Gasteiger partial charge in [0.25, 0.3) is 0 Å². The summed E-state index contributed by atoms with van der Waals surface area (Å²) in [5.41, 5.74) is 6.11. The van der Waals surface area contributed by atoms with Crippen molar-refractivity contribution in [1.29, 1.82) is 0 Å². The number of benzene rings is 3. The number of hydrogen-bond acceptors (Lipinski definition) is 13. The average Bonchev–Trinajstić information content (AvgIpc) is 3.31. The van der Waals surface area contributed by atoms with E-state index in [0.29, 0.717) is 0 Å². The zero-order valence-electron chi connectivity index (χ0n) is 38.9. The van der Waals surface area contributed by atoms with E-state index in [1.54, 1.807) is 33.4 Å². The first-order valence-corrected chi connectivity index (χ1v) is 27.9. The van der Waals surface area contributed by atoms with Crippen molar-refractivity contribution in [2.45, 2.75) is 86.0 Å². The second-order valence-electron chi connectivity index (χ2n) is 15.4. The van der Waals surface area contributed by atoms with Gasteiger partial charge in [0.15, 0.2) is 0 Å². The summed E-state index contributed by atoms with van der Waals surface area (Å²) in [6.45, 7) is 17.3. The smallest absolute Gasteiger partial charge is 0.394 e. The number of likely N-dealkylation sites (tertiary alicyclic amines) is 1. The molecule has 3 aliphatic rings. The number of quaternary nitrogens is 2. The minimum absolute atomic E-state index is 0. The number of piperidine rings is 1. The molecule has 3 aromatic rings. The lowest BCUT2D eigenvalue weighted by atomic mass is 9.84. The molecule has 21 heteroatoms. The monoisotopic (exact) mass is 1040 g/mol. The Morgan fingerprint density at radius 1 is 0.773 bits per heavy atom. The van der Waals surface area contributed by atoms with Crippen LogP contribution in [-0.4, -0.2) is 129 Å². The largest absolute Gasteiger partial charge is 1.00 e. The molecule has 3 heterocycles. The Labute approximate surface area is 412 Å². The van der Waals surface area contributed by atoms with Gasteiger partial charge in [-0.1, -0.05) is 57.2 Å². The summed E-state index contributed by atoms with van der Waals surface area (Å²) in [6.07, 6.45) is 18.6. The SMILES string of the molecule is CCCN1CCC(O)(c2cccc(SC)c2)CC1.CCC[NH+]1CC=C(c2cccc(S(C)=O)c2)CC1.CCC[NH+]1CC=C(c2cccc(SC)c2)CC1.O=S(=O)(O)O.O=S([O-])O[O-].OO.[Cl-]. The van der Waals surface area contributed by atoms with E-state index in [2.05, 4.69) is 115 Å². The normalized spacial score (nSPS) is 18.6. The van der Waals surface area contributed by atoms with Crippen LogP contribution >= 0.6 is 23.5 Å². The van der Waals surface area contributed by atoms with Crippen LogP contribution in [0, 0.1) is 0 Å². The van der Waals surface area contributed by atoms with E-state index in [9.17, 15) is 9.32 Å². The van der Waals surface area contributed by atoms with Gasteiger partial charge in [0.05, 0.1) is 56.2 Å². The van der Waals surface area contributed by atoms with Crippen LogP contribution in [0.25, 0.3) is 11.1 Å². The van der Waals surface area contributed by atoms with E-state index in [1.165, 1.54) is 84.9 Å². The zero-order chi connectivity index (χ0) is 48.8. The highest BCUT2D eigenvalue weighted by atomic mass is 35.5. The maximum Gasteiger partial charge on any atom is 0.394 e. The molecule has 4 atom stereocenters. The fraction of sp³-hybridized carbons (Fsp3) is 0.511. The van der Waals surface area contributed by atoms with E-state index in [1.807, 2.05) is 23.9 Å². The van der Waals surface area contributed by atoms with Crippen LogP contribution in [0.4, 0.5) is 0 Å². The number of halogens is 1. The molecule has 3 aromatic carbocycles.